The number of aryl methyl sites for hydroxylation is 2. The molecule has 0 bridgehead atoms. The van der Waals surface area contributed by atoms with Crippen LogP contribution in [0.15, 0.2) is 17.2 Å². The van der Waals surface area contributed by atoms with Crippen molar-refractivity contribution in [1.29, 1.82) is 0 Å². The lowest BCUT2D eigenvalue weighted by Crippen LogP contribution is -2.44. The average molecular weight is 333 g/mol. The molecule has 0 aromatic carbocycles. The summed E-state index contributed by atoms with van der Waals surface area (Å²) in [5.41, 5.74) is 3.87. The van der Waals surface area contributed by atoms with Crippen LogP contribution in [0.1, 0.15) is 31.7 Å². The minimum Gasteiger partial charge on any atom is -0.336 e. The van der Waals surface area contributed by atoms with E-state index in [9.17, 15) is 9.59 Å². The molecule has 0 saturated carbocycles. The Labute approximate surface area is 143 Å². The summed E-state index contributed by atoms with van der Waals surface area (Å²) < 4.78 is 1.87. The van der Waals surface area contributed by atoms with Gasteiger partial charge < -0.3 is 5.32 Å². The number of hydrogen-bond donors (Lipinski definition) is 1. The minimum absolute atomic E-state index is 0.161. The Morgan fingerprint density at radius 1 is 1.42 bits per heavy atom. The molecule has 24 heavy (non-hydrogen) atoms. The van der Waals surface area contributed by atoms with E-state index in [1.54, 1.807) is 0 Å². The van der Waals surface area contributed by atoms with E-state index >= 15 is 0 Å². The number of rotatable bonds is 6. The molecule has 0 atom stereocenters. The van der Waals surface area contributed by atoms with E-state index < -0.39 is 0 Å². The largest absolute Gasteiger partial charge is 0.336 e. The molecule has 1 aliphatic heterocycles. The number of urea groups is 1. The van der Waals surface area contributed by atoms with Crippen molar-refractivity contribution in [3.63, 3.8) is 0 Å². The van der Waals surface area contributed by atoms with Gasteiger partial charge in [-0.15, -0.1) is 0 Å². The first-order valence-corrected chi connectivity index (χ1v) is 8.29. The van der Waals surface area contributed by atoms with Gasteiger partial charge in [0.15, 0.2) is 0 Å². The van der Waals surface area contributed by atoms with Crippen molar-refractivity contribution in [2.24, 2.45) is 7.05 Å². The van der Waals surface area contributed by atoms with Crippen LogP contribution in [-0.4, -0.2) is 58.2 Å². The van der Waals surface area contributed by atoms with Gasteiger partial charge in [-0.2, -0.15) is 5.10 Å². The molecule has 0 unspecified atom stereocenters. The predicted molar refractivity (Wildman–Crippen MR) is 92.4 cm³/mol. The van der Waals surface area contributed by atoms with Crippen LogP contribution in [-0.2, 0) is 18.4 Å². The minimum atomic E-state index is -0.312. The van der Waals surface area contributed by atoms with Crippen LogP contribution < -0.4 is 5.32 Å². The van der Waals surface area contributed by atoms with Gasteiger partial charge in [-0.25, -0.2) is 4.79 Å². The maximum absolute atomic E-state index is 12.2. The lowest BCUT2D eigenvalue weighted by atomic mass is 10.1. The van der Waals surface area contributed by atoms with Crippen LogP contribution in [0.3, 0.4) is 0 Å². The monoisotopic (exact) mass is 333 g/mol. The third-order valence-corrected chi connectivity index (χ3v) is 4.31. The van der Waals surface area contributed by atoms with Crippen molar-refractivity contribution in [3.05, 3.63) is 28.6 Å². The summed E-state index contributed by atoms with van der Waals surface area (Å²) in [7, 11) is 3.92. The second kappa shape index (κ2) is 7.61. The van der Waals surface area contributed by atoms with Gasteiger partial charge in [0.1, 0.15) is 0 Å². The van der Waals surface area contributed by atoms with Gasteiger partial charge in [0.2, 0.25) is 0 Å². The highest BCUT2D eigenvalue weighted by Crippen LogP contribution is 2.21. The quantitative estimate of drug-likeness (QED) is 0.855. The van der Waals surface area contributed by atoms with E-state index in [0.29, 0.717) is 26.1 Å². The molecule has 7 heteroatoms. The Balaban J connectivity index is 1.77. The Kier molecular flexibility index (Phi) is 5.77. The van der Waals surface area contributed by atoms with Gasteiger partial charge in [-0.1, -0.05) is 6.92 Å². The Bertz CT molecular complexity index is 662. The Morgan fingerprint density at radius 2 is 2.12 bits per heavy atom. The SMILES string of the molecule is CCC1=C(C)CN(C(=O)NCCN(C)Cc2cc(C)nn2C)C1=O. The van der Waals surface area contributed by atoms with Crippen molar-refractivity contribution in [2.45, 2.75) is 33.7 Å². The molecule has 3 amide bonds. The standard InChI is InChI=1S/C17H27N5O2/c1-6-15-12(2)10-22(16(15)23)17(24)18-7-8-20(4)11-14-9-13(3)19-21(14)5/h9H,6-8,10-11H2,1-5H3,(H,18,24). The molecule has 1 aromatic rings. The van der Waals surface area contributed by atoms with E-state index in [1.807, 2.05) is 39.5 Å². The molecular formula is C17H27N5O2. The molecule has 2 heterocycles. The molecule has 1 aliphatic rings. The maximum atomic E-state index is 12.2. The van der Waals surface area contributed by atoms with Crippen molar-refractivity contribution in [1.82, 2.24) is 24.9 Å². The van der Waals surface area contributed by atoms with Gasteiger partial charge >= 0.3 is 6.03 Å². The van der Waals surface area contributed by atoms with Crippen molar-refractivity contribution in [3.8, 4) is 0 Å². The summed E-state index contributed by atoms with van der Waals surface area (Å²) in [6, 6.07) is 1.74. The van der Waals surface area contributed by atoms with Gasteiger partial charge in [0.05, 0.1) is 17.9 Å². The van der Waals surface area contributed by atoms with Crippen molar-refractivity contribution < 1.29 is 9.59 Å². The van der Waals surface area contributed by atoms with Gasteiger partial charge in [0, 0.05) is 32.3 Å². The van der Waals surface area contributed by atoms with E-state index in [1.165, 1.54) is 4.90 Å². The normalized spacial score (nSPS) is 14.9. The zero-order valence-corrected chi connectivity index (χ0v) is 15.2. The number of hydrogen-bond acceptors (Lipinski definition) is 4. The van der Waals surface area contributed by atoms with Gasteiger partial charge in [0.25, 0.3) is 5.91 Å². The second-order valence-electron chi connectivity index (χ2n) is 6.37. The van der Waals surface area contributed by atoms with Gasteiger partial charge in [-0.05, 0) is 39.0 Å². The van der Waals surface area contributed by atoms with Crippen LogP contribution >= 0.6 is 0 Å². The number of nitrogens with zero attached hydrogens (tertiary/aromatic N) is 4. The molecule has 132 valence electrons. The van der Waals surface area contributed by atoms with E-state index in [-0.39, 0.29) is 11.9 Å². The van der Waals surface area contributed by atoms with E-state index in [4.69, 9.17) is 0 Å². The fraction of sp³-hybridized carbons (Fsp3) is 0.588. The summed E-state index contributed by atoms with van der Waals surface area (Å²) >= 11 is 0. The Hall–Kier alpha value is -2.15. The molecule has 0 aliphatic carbocycles. The molecular weight excluding hydrogens is 306 g/mol. The zero-order chi connectivity index (χ0) is 17.9. The Morgan fingerprint density at radius 3 is 2.67 bits per heavy atom. The molecule has 1 aromatic heterocycles. The van der Waals surface area contributed by atoms with Crippen LogP contribution in [0.4, 0.5) is 4.79 Å². The molecule has 1 N–H and O–H groups in total. The first-order chi connectivity index (χ1) is 11.3. The highest BCUT2D eigenvalue weighted by atomic mass is 16.2. The second-order valence-corrected chi connectivity index (χ2v) is 6.37. The van der Waals surface area contributed by atoms with E-state index in [0.717, 1.165) is 29.1 Å². The summed E-state index contributed by atoms with van der Waals surface area (Å²) in [4.78, 5) is 27.8. The lowest BCUT2D eigenvalue weighted by Gasteiger charge is -2.19. The number of nitrogens with one attached hydrogen (secondary N) is 1. The number of likely N-dealkylation sites (N-methyl/N-ethyl adjacent to an activating group) is 1. The number of aromatic nitrogens is 2. The first kappa shape index (κ1) is 18.2. The van der Waals surface area contributed by atoms with Crippen LogP contribution in [0, 0.1) is 6.92 Å². The molecule has 0 fully saturated rings. The maximum Gasteiger partial charge on any atom is 0.324 e. The third-order valence-electron chi connectivity index (χ3n) is 4.31. The molecule has 7 nitrogen and oxygen atoms in total. The van der Waals surface area contributed by atoms with Gasteiger partial charge in [-0.3, -0.25) is 19.3 Å². The highest BCUT2D eigenvalue weighted by molar-refractivity contribution is 6.06. The zero-order valence-electron chi connectivity index (χ0n) is 15.2. The fourth-order valence-corrected chi connectivity index (χ4v) is 2.98. The lowest BCUT2D eigenvalue weighted by molar-refractivity contribution is -0.123. The third kappa shape index (κ3) is 4.03. The molecule has 2 rings (SSSR count). The smallest absolute Gasteiger partial charge is 0.324 e. The molecule has 0 radical (unpaired) electrons. The van der Waals surface area contributed by atoms with Crippen LogP contribution in [0.2, 0.25) is 0 Å². The highest BCUT2D eigenvalue weighted by Gasteiger charge is 2.31. The summed E-state index contributed by atoms with van der Waals surface area (Å²) in [6.45, 7) is 8.17. The van der Waals surface area contributed by atoms with Crippen molar-refractivity contribution >= 4 is 11.9 Å². The molecule has 0 spiro atoms. The average Bonchev–Trinajstić information content (AvgIpc) is 2.97. The van der Waals surface area contributed by atoms with E-state index in [2.05, 4.69) is 21.4 Å². The van der Waals surface area contributed by atoms with Crippen LogP contribution in [0.5, 0.6) is 0 Å². The fourth-order valence-electron chi connectivity index (χ4n) is 2.98. The number of carbonyl (C=O) groups excluding carboxylic acids is 2. The number of carbonyl (C=O) groups is 2. The predicted octanol–water partition coefficient (Wildman–Crippen LogP) is 1.44. The van der Waals surface area contributed by atoms with Crippen molar-refractivity contribution in [2.75, 3.05) is 26.7 Å². The summed E-state index contributed by atoms with van der Waals surface area (Å²) in [5.74, 6) is -0.161. The number of amides is 3. The topological polar surface area (TPSA) is 70.5 Å². The summed E-state index contributed by atoms with van der Waals surface area (Å²) in [6.07, 6.45) is 0.668. The van der Waals surface area contributed by atoms with Crippen LogP contribution in [0.25, 0.3) is 0 Å². The summed E-state index contributed by atoms with van der Waals surface area (Å²) in [5, 5.41) is 7.16. The number of imide groups is 1. The molecule has 0 saturated heterocycles. The first-order valence-electron chi connectivity index (χ1n) is 8.29.